The van der Waals surface area contributed by atoms with E-state index in [0.717, 1.165) is 11.4 Å². The molecule has 2 aliphatic heterocycles. The van der Waals surface area contributed by atoms with Gasteiger partial charge in [-0.3, -0.25) is 0 Å². The third-order valence-electron chi connectivity index (χ3n) is 4.83. The fourth-order valence-electron chi connectivity index (χ4n) is 3.14. The largest absolute Gasteiger partial charge is 2.00 e. The predicted octanol–water partition coefficient (Wildman–Crippen LogP) is 2.00. The molecular weight excluding hydrogens is 543 g/mol. The minimum absolute atomic E-state index is 0. The Bertz CT molecular complexity index is 1060. The van der Waals surface area contributed by atoms with Crippen molar-refractivity contribution in [2.45, 2.75) is 13.1 Å². The van der Waals surface area contributed by atoms with Gasteiger partial charge in [0, 0.05) is 0 Å². The standard InChI is InChI=1S/C22H22N4Si.Pt/c1-23-11-13-25(17-23)19-7-5-9-21(15-19)27(3,4)22-10-6-8-20(16-22)26-14-12-24(2)18-26;/h5-14H,1-4H3;/q2*+2. The summed E-state index contributed by atoms with van der Waals surface area (Å²) in [5.74, 6) is 0. The first kappa shape index (κ1) is 20.3. The number of benzene rings is 2. The molecule has 4 nitrogen and oxygen atoms in total. The van der Waals surface area contributed by atoms with Crippen molar-refractivity contribution in [2.75, 3.05) is 14.1 Å². The van der Waals surface area contributed by atoms with Crippen LogP contribution in [0.25, 0.3) is 0 Å². The van der Waals surface area contributed by atoms with E-state index in [1.54, 1.807) is 0 Å². The molecule has 140 valence electrons. The van der Waals surface area contributed by atoms with Gasteiger partial charge in [-0.1, -0.05) is 43.5 Å². The molecule has 0 aliphatic carbocycles. The van der Waals surface area contributed by atoms with E-state index in [1.165, 1.54) is 10.4 Å². The van der Waals surface area contributed by atoms with Crippen LogP contribution >= 0.6 is 0 Å². The smallest absolute Gasteiger partial charge is 0.170 e. The van der Waals surface area contributed by atoms with Gasteiger partial charge in [-0.05, 0) is 0 Å². The van der Waals surface area contributed by atoms with E-state index in [2.05, 4.69) is 73.6 Å². The van der Waals surface area contributed by atoms with Crippen LogP contribution in [0, 0.1) is 12.1 Å². The van der Waals surface area contributed by atoms with Gasteiger partial charge in [-0.25, -0.2) is 0 Å². The van der Waals surface area contributed by atoms with E-state index in [1.807, 2.05) is 57.2 Å². The maximum atomic E-state index is 3.62. The quantitative estimate of drug-likeness (QED) is 0.306. The van der Waals surface area contributed by atoms with Crippen LogP contribution in [-0.4, -0.2) is 52.5 Å². The third-order valence-corrected chi connectivity index (χ3v) is 8.11. The topological polar surface area (TPSA) is 12.0 Å². The molecule has 0 radical (unpaired) electrons. The van der Waals surface area contributed by atoms with Crippen molar-refractivity contribution in [2.24, 2.45) is 0 Å². The fraction of sp³-hybridized carbons (Fsp3) is 0.182. The third kappa shape index (κ3) is 3.89. The molecule has 28 heavy (non-hydrogen) atoms. The van der Waals surface area contributed by atoms with E-state index in [9.17, 15) is 0 Å². The molecule has 0 fully saturated rings. The maximum Gasteiger partial charge on any atom is 2.00 e. The molecule has 6 heteroatoms. The zero-order chi connectivity index (χ0) is 19.0. The molecule has 0 amide bonds. The fourth-order valence-corrected chi connectivity index (χ4v) is 5.34. The molecule has 0 bridgehead atoms. The van der Waals surface area contributed by atoms with Gasteiger partial charge in [0.2, 0.25) is 12.4 Å². The Hall–Kier alpha value is -2.41. The predicted molar refractivity (Wildman–Crippen MR) is 108 cm³/mol. The molecule has 0 aromatic heterocycles. The van der Waals surface area contributed by atoms with Crippen LogP contribution in [0.5, 0.6) is 0 Å². The van der Waals surface area contributed by atoms with Crippen LogP contribution in [0.15, 0.2) is 61.2 Å². The van der Waals surface area contributed by atoms with Gasteiger partial charge in [-0.2, -0.15) is 34.6 Å². The Labute approximate surface area is 181 Å². The first-order valence-electron chi connectivity index (χ1n) is 8.92. The van der Waals surface area contributed by atoms with Gasteiger partial charge in [0.15, 0.2) is 14.1 Å². The maximum absolute atomic E-state index is 3.62. The average Bonchev–Trinajstić information content (AvgIpc) is 3.30. The summed E-state index contributed by atoms with van der Waals surface area (Å²) in [6, 6.07) is 26.4. The normalized spacial score (nSPS) is 15.0. The van der Waals surface area contributed by atoms with Gasteiger partial charge in [-0.15, -0.1) is 12.1 Å². The summed E-state index contributed by atoms with van der Waals surface area (Å²) in [7, 11) is 1.99. The summed E-state index contributed by atoms with van der Waals surface area (Å²) >= 11 is 0. The summed E-state index contributed by atoms with van der Waals surface area (Å²) < 4.78 is 7.77. The summed E-state index contributed by atoms with van der Waals surface area (Å²) in [5.41, 5.74) is 2.02. The van der Waals surface area contributed by atoms with E-state index in [0.29, 0.717) is 0 Å². The van der Waals surface area contributed by atoms with Crippen molar-refractivity contribution in [3.63, 3.8) is 0 Å². The number of hydrogen-bond donors (Lipinski definition) is 0. The second-order valence-electron chi connectivity index (χ2n) is 7.28. The monoisotopic (exact) mass is 565 g/mol. The molecule has 0 unspecified atom stereocenters. The van der Waals surface area contributed by atoms with Crippen LogP contribution < -0.4 is 10.4 Å². The molecular formula is C22H22N4PtSi+4. The van der Waals surface area contributed by atoms with Crippen molar-refractivity contribution < 1.29 is 39.4 Å². The Morgan fingerprint density at radius 2 is 1.14 bits per heavy atom. The molecule has 0 saturated carbocycles. The Balaban J connectivity index is 0.00000225. The van der Waals surface area contributed by atoms with Gasteiger partial charge in [0.25, 0.3) is 12.4 Å². The summed E-state index contributed by atoms with van der Waals surface area (Å²) in [6.45, 7) is 4.69. The summed E-state index contributed by atoms with van der Waals surface area (Å²) in [5, 5.41) is 2.50. The molecule has 0 N–H and O–H groups in total. The van der Waals surface area contributed by atoms with Gasteiger partial charge in [0.1, 0.15) is 11.4 Å². The van der Waals surface area contributed by atoms with E-state index < -0.39 is 8.07 Å². The first-order chi connectivity index (χ1) is 12.9. The molecule has 2 heterocycles. The second-order valence-corrected chi connectivity index (χ2v) is 11.6. The molecule has 2 aromatic rings. The van der Waals surface area contributed by atoms with Gasteiger partial charge >= 0.3 is 33.1 Å². The van der Waals surface area contributed by atoms with Crippen LogP contribution in [-0.2, 0) is 21.1 Å². The first-order valence-corrected chi connectivity index (χ1v) is 11.9. The number of nitrogens with zero attached hydrogens (tertiary/aromatic N) is 4. The van der Waals surface area contributed by atoms with Crippen molar-refractivity contribution in [3.8, 4) is 0 Å². The van der Waals surface area contributed by atoms with Crippen LogP contribution in [0.2, 0.25) is 13.1 Å². The molecule has 0 spiro atoms. The zero-order valence-corrected chi connectivity index (χ0v) is 19.7. The molecule has 0 saturated heterocycles. The van der Waals surface area contributed by atoms with Gasteiger partial charge < -0.3 is 0 Å². The van der Waals surface area contributed by atoms with Crippen molar-refractivity contribution in [1.29, 1.82) is 0 Å². The average molecular weight is 566 g/mol. The Morgan fingerprint density at radius 3 is 1.50 bits per heavy atom. The number of hydrogen-bond acceptors (Lipinski definition) is 0. The van der Waals surface area contributed by atoms with Crippen molar-refractivity contribution >= 4 is 41.8 Å². The van der Waals surface area contributed by atoms with Crippen molar-refractivity contribution in [3.05, 3.63) is 73.3 Å². The second kappa shape index (κ2) is 7.91. The van der Waals surface area contributed by atoms with Gasteiger partial charge in [0.05, 0.1) is 8.07 Å². The van der Waals surface area contributed by atoms with Crippen LogP contribution in [0.4, 0.5) is 11.4 Å². The SMILES string of the molecule is C[N+]1=C=[N+](c2[c-]c([Si](C)(C)c3[c-]c([N+]4=C=[N+](C)C=C4)ccc3)ccc2)C=C1.[Pt+2]. The van der Waals surface area contributed by atoms with Crippen LogP contribution in [0.1, 0.15) is 0 Å². The number of rotatable bonds is 4. The Morgan fingerprint density at radius 1 is 0.714 bits per heavy atom. The van der Waals surface area contributed by atoms with E-state index >= 15 is 0 Å². The van der Waals surface area contributed by atoms with Crippen molar-refractivity contribution in [1.82, 2.24) is 0 Å². The minimum Gasteiger partial charge on any atom is -0.170 e. The summed E-state index contributed by atoms with van der Waals surface area (Å²) in [6.07, 6.45) is 7.96. The molecule has 0 atom stereocenters. The Kier molecular flexibility index (Phi) is 5.74. The summed E-state index contributed by atoms with van der Waals surface area (Å²) in [4.78, 5) is 0. The zero-order valence-electron chi connectivity index (χ0n) is 16.4. The van der Waals surface area contributed by atoms with E-state index in [4.69, 9.17) is 0 Å². The minimum atomic E-state index is -1.95. The molecule has 2 aromatic carbocycles. The van der Waals surface area contributed by atoms with E-state index in [-0.39, 0.29) is 21.1 Å². The van der Waals surface area contributed by atoms with Crippen LogP contribution in [0.3, 0.4) is 0 Å². The molecule has 2 aliphatic rings. The molecule has 4 rings (SSSR count).